The van der Waals surface area contributed by atoms with Crippen LogP contribution in [0.1, 0.15) is 12.0 Å². The Morgan fingerprint density at radius 1 is 1.10 bits per heavy atom. The van der Waals surface area contributed by atoms with E-state index in [4.69, 9.17) is 21.7 Å². The van der Waals surface area contributed by atoms with Crippen molar-refractivity contribution < 1.29 is 19.1 Å². The number of anilines is 1. The lowest BCUT2D eigenvalue weighted by molar-refractivity contribution is -0.130. The summed E-state index contributed by atoms with van der Waals surface area (Å²) in [6.07, 6.45) is 1.60. The van der Waals surface area contributed by atoms with Gasteiger partial charge in [-0.3, -0.25) is 14.5 Å². The quantitative estimate of drug-likeness (QED) is 0.478. The fourth-order valence-electron chi connectivity index (χ4n) is 3.36. The van der Waals surface area contributed by atoms with E-state index in [1.54, 1.807) is 49.5 Å². The van der Waals surface area contributed by atoms with Gasteiger partial charge in [-0.15, -0.1) is 6.58 Å². The van der Waals surface area contributed by atoms with E-state index in [9.17, 15) is 9.59 Å². The van der Waals surface area contributed by atoms with Crippen LogP contribution in [0.15, 0.2) is 61.2 Å². The van der Waals surface area contributed by atoms with E-state index in [2.05, 4.69) is 11.9 Å². The third-order valence-corrected chi connectivity index (χ3v) is 5.43. The van der Waals surface area contributed by atoms with Crippen molar-refractivity contribution in [3.05, 3.63) is 66.7 Å². The number of methoxy groups -OCH3 is 2. The zero-order valence-corrected chi connectivity index (χ0v) is 18.4. The Morgan fingerprint density at radius 2 is 1.68 bits per heavy atom. The molecule has 1 heterocycles. The zero-order valence-electron chi connectivity index (χ0n) is 17.5. The number of benzene rings is 2. The average molecular weight is 440 g/mol. The molecule has 2 amide bonds. The van der Waals surface area contributed by atoms with Gasteiger partial charge in [0.1, 0.15) is 17.5 Å². The third kappa shape index (κ3) is 5.21. The molecular formula is C23H25N3O4S. The Bertz CT molecular complexity index is 960. The van der Waals surface area contributed by atoms with Crippen LogP contribution in [0.2, 0.25) is 0 Å². The van der Waals surface area contributed by atoms with Crippen LogP contribution in [0.3, 0.4) is 0 Å². The third-order valence-electron chi connectivity index (χ3n) is 4.98. The molecule has 8 heteroatoms. The summed E-state index contributed by atoms with van der Waals surface area (Å²) in [5.41, 5.74) is 1.58. The molecule has 0 aromatic heterocycles. The second kappa shape index (κ2) is 10.1. The number of nitrogens with one attached hydrogen (secondary N) is 1. The molecule has 0 radical (unpaired) electrons. The predicted molar refractivity (Wildman–Crippen MR) is 123 cm³/mol. The number of ether oxygens (including phenoxy) is 2. The van der Waals surface area contributed by atoms with E-state index in [1.807, 2.05) is 24.3 Å². The lowest BCUT2D eigenvalue weighted by Crippen LogP contribution is -2.37. The Labute approximate surface area is 187 Å². The molecule has 0 bridgehead atoms. The molecule has 162 valence electrons. The van der Waals surface area contributed by atoms with E-state index in [1.165, 1.54) is 4.90 Å². The van der Waals surface area contributed by atoms with Gasteiger partial charge < -0.3 is 19.7 Å². The molecule has 1 fully saturated rings. The number of hydrogen-bond acceptors (Lipinski definition) is 5. The predicted octanol–water partition coefficient (Wildman–Crippen LogP) is 3.22. The molecule has 1 atom stereocenters. The molecule has 2 aromatic rings. The van der Waals surface area contributed by atoms with Crippen LogP contribution in [0, 0.1) is 0 Å². The van der Waals surface area contributed by atoms with Gasteiger partial charge in [0, 0.05) is 18.8 Å². The van der Waals surface area contributed by atoms with Gasteiger partial charge >= 0.3 is 0 Å². The standard InChI is InChI=1S/C23H25N3O4S/c1-4-13-25-22(28)20(14-21(27)24-17-7-11-19(30-3)12-8-17)26(23(25)31)15-16-5-9-18(29-2)10-6-16/h4-12,20H,1,13-15H2,2-3H3,(H,24,27)/t20-/m0/s1. The van der Waals surface area contributed by atoms with Gasteiger partial charge in [-0.05, 0) is 54.2 Å². The molecule has 0 saturated carbocycles. The minimum absolute atomic E-state index is 0.0190. The Balaban J connectivity index is 1.75. The van der Waals surface area contributed by atoms with Crippen LogP contribution in [-0.2, 0) is 16.1 Å². The highest BCUT2D eigenvalue weighted by atomic mass is 32.1. The van der Waals surface area contributed by atoms with E-state index in [0.29, 0.717) is 29.6 Å². The number of carbonyl (C=O) groups is 2. The van der Waals surface area contributed by atoms with Gasteiger partial charge in [0.05, 0.1) is 20.6 Å². The second-order valence-corrected chi connectivity index (χ2v) is 7.36. The van der Waals surface area contributed by atoms with Crippen molar-refractivity contribution in [2.24, 2.45) is 0 Å². The Kier molecular flexibility index (Phi) is 7.25. The summed E-state index contributed by atoms with van der Waals surface area (Å²) in [4.78, 5) is 29.0. The number of hydrogen-bond donors (Lipinski definition) is 1. The largest absolute Gasteiger partial charge is 0.497 e. The SMILES string of the molecule is C=CCN1C(=O)[C@H](CC(=O)Nc2ccc(OC)cc2)N(Cc2ccc(OC)cc2)C1=S. The van der Waals surface area contributed by atoms with E-state index in [-0.39, 0.29) is 18.2 Å². The lowest BCUT2D eigenvalue weighted by Gasteiger charge is -2.24. The van der Waals surface area contributed by atoms with Crippen LogP contribution in [-0.4, -0.2) is 53.5 Å². The van der Waals surface area contributed by atoms with Crippen molar-refractivity contribution in [1.29, 1.82) is 0 Å². The fraction of sp³-hybridized carbons (Fsp3) is 0.261. The summed E-state index contributed by atoms with van der Waals surface area (Å²) < 4.78 is 10.3. The maximum atomic E-state index is 13.0. The first-order chi connectivity index (χ1) is 15.0. The van der Waals surface area contributed by atoms with E-state index < -0.39 is 6.04 Å². The number of nitrogens with zero attached hydrogens (tertiary/aromatic N) is 2. The molecule has 1 aliphatic rings. The van der Waals surface area contributed by atoms with E-state index >= 15 is 0 Å². The molecular weight excluding hydrogens is 414 g/mol. The first-order valence-corrected chi connectivity index (χ1v) is 10.2. The average Bonchev–Trinajstić information content (AvgIpc) is 2.99. The number of amides is 2. The molecule has 0 spiro atoms. The number of rotatable bonds is 9. The lowest BCUT2D eigenvalue weighted by atomic mass is 10.1. The molecule has 7 nitrogen and oxygen atoms in total. The molecule has 0 aliphatic carbocycles. The van der Waals surface area contributed by atoms with Crippen molar-refractivity contribution in [3.8, 4) is 11.5 Å². The van der Waals surface area contributed by atoms with Crippen LogP contribution in [0.5, 0.6) is 11.5 Å². The fourth-order valence-corrected chi connectivity index (χ4v) is 3.71. The summed E-state index contributed by atoms with van der Waals surface area (Å²) in [5.74, 6) is 0.961. The zero-order chi connectivity index (χ0) is 22.4. The van der Waals surface area contributed by atoms with Crippen molar-refractivity contribution >= 4 is 34.8 Å². The summed E-state index contributed by atoms with van der Waals surface area (Å²) in [6, 6.07) is 13.8. The normalized spacial score (nSPS) is 15.7. The Morgan fingerprint density at radius 3 is 2.23 bits per heavy atom. The summed E-state index contributed by atoms with van der Waals surface area (Å²) in [5, 5.41) is 3.22. The van der Waals surface area contributed by atoms with Crippen LogP contribution in [0.25, 0.3) is 0 Å². The van der Waals surface area contributed by atoms with Crippen molar-refractivity contribution in [2.45, 2.75) is 19.0 Å². The highest BCUT2D eigenvalue weighted by Crippen LogP contribution is 2.25. The minimum Gasteiger partial charge on any atom is -0.497 e. The molecule has 3 rings (SSSR count). The van der Waals surface area contributed by atoms with Gasteiger partial charge in [-0.25, -0.2) is 0 Å². The minimum atomic E-state index is -0.687. The molecule has 1 aliphatic heterocycles. The highest BCUT2D eigenvalue weighted by Gasteiger charge is 2.42. The first-order valence-electron chi connectivity index (χ1n) is 9.76. The summed E-state index contributed by atoms with van der Waals surface area (Å²) in [6.45, 7) is 4.41. The topological polar surface area (TPSA) is 71.1 Å². The van der Waals surface area contributed by atoms with Crippen molar-refractivity contribution in [3.63, 3.8) is 0 Å². The van der Waals surface area contributed by atoms with Gasteiger partial charge in [0.2, 0.25) is 5.91 Å². The maximum absolute atomic E-state index is 13.0. The molecule has 2 aromatic carbocycles. The van der Waals surface area contributed by atoms with Crippen LogP contribution in [0.4, 0.5) is 5.69 Å². The van der Waals surface area contributed by atoms with Crippen molar-refractivity contribution in [1.82, 2.24) is 9.80 Å². The molecule has 0 unspecified atom stereocenters. The summed E-state index contributed by atoms with van der Waals surface area (Å²) >= 11 is 5.55. The van der Waals surface area contributed by atoms with Gasteiger partial charge in [-0.2, -0.15) is 0 Å². The molecule has 31 heavy (non-hydrogen) atoms. The number of thiocarbonyl (C=S) groups is 1. The van der Waals surface area contributed by atoms with Crippen LogP contribution >= 0.6 is 12.2 Å². The highest BCUT2D eigenvalue weighted by molar-refractivity contribution is 7.80. The van der Waals surface area contributed by atoms with E-state index in [0.717, 1.165) is 11.3 Å². The number of carbonyl (C=O) groups excluding carboxylic acids is 2. The monoisotopic (exact) mass is 439 g/mol. The molecule has 1 saturated heterocycles. The van der Waals surface area contributed by atoms with Crippen molar-refractivity contribution in [2.75, 3.05) is 26.1 Å². The Hall–Kier alpha value is -3.39. The van der Waals surface area contributed by atoms with Gasteiger partial charge in [0.25, 0.3) is 5.91 Å². The van der Waals surface area contributed by atoms with Gasteiger partial charge in [0.15, 0.2) is 5.11 Å². The maximum Gasteiger partial charge on any atom is 0.252 e. The van der Waals surface area contributed by atoms with Crippen LogP contribution < -0.4 is 14.8 Å². The first kappa shape index (κ1) is 22.3. The molecule has 1 N–H and O–H groups in total. The second-order valence-electron chi connectivity index (χ2n) is 6.99. The smallest absolute Gasteiger partial charge is 0.252 e. The van der Waals surface area contributed by atoms with Gasteiger partial charge in [-0.1, -0.05) is 18.2 Å². The summed E-state index contributed by atoms with van der Waals surface area (Å²) in [7, 11) is 3.18.